The van der Waals surface area contributed by atoms with Crippen molar-refractivity contribution in [2.45, 2.75) is 65.8 Å². The number of amides is 1. The number of benzene rings is 2. The van der Waals surface area contributed by atoms with Gasteiger partial charge < -0.3 is 5.32 Å². The van der Waals surface area contributed by atoms with Crippen molar-refractivity contribution in [1.29, 1.82) is 0 Å². The molecule has 0 unspecified atom stereocenters. The van der Waals surface area contributed by atoms with E-state index >= 15 is 0 Å². The molecule has 3 aromatic rings. The molecule has 2 aromatic carbocycles. The molecule has 0 bridgehead atoms. The monoisotopic (exact) mass is 403 g/mol. The van der Waals surface area contributed by atoms with Gasteiger partial charge in [-0.2, -0.15) is 5.10 Å². The van der Waals surface area contributed by atoms with Gasteiger partial charge in [-0.15, -0.1) is 0 Å². The number of anilines is 1. The molecule has 1 heterocycles. The summed E-state index contributed by atoms with van der Waals surface area (Å²) < 4.78 is 1.81. The minimum Gasteiger partial charge on any atom is -0.321 e. The first-order valence-electron chi connectivity index (χ1n) is 10.5. The summed E-state index contributed by atoms with van der Waals surface area (Å²) in [5, 5.41) is 7.81. The van der Waals surface area contributed by atoms with Gasteiger partial charge >= 0.3 is 0 Å². The molecular weight excluding hydrogens is 370 g/mol. The van der Waals surface area contributed by atoms with Crippen LogP contribution in [0.4, 0.5) is 5.69 Å². The van der Waals surface area contributed by atoms with E-state index in [9.17, 15) is 4.79 Å². The second-order valence-electron chi connectivity index (χ2n) is 10.1. The van der Waals surface area contributed by atoms with E-state index in [1.165, 1.54) is 11.1 Å². The lowest BCUT2D eigenvalue weighted by molar-refractivity contribution is 0.101. The van der Waals surface area contributed by atoms with Crippen LogP contribution in [0.1, 0.15) is 74.4 Å². The number of hydrogen-bond donors (Lipinski definition) is 1. The summed E-state index contributed by atoms with van der Waals surface area (Å²) >= 11 is 0. The molecule has 1 N–H and O–H groups in total. The van der Waals surface area contributed by atoms with Crippen LogP contribution in [0.5, 0.6) is 0 Å². The van der Waals surface area contributed by atoms with Gasteiger partial charge in [0.15, 0.2) is 0 Å². The molecule has 4 heteroatoms. The Morgan fingerprint density at radius 1 is 0.933 bits per heavy atom. The molecule has 0 fully saturated rings. The van der Waals surface area contributed by atoms with Crippen LogP contribution in [0.15, 0.2) is 54.6 Å². The predicted molar refractivity (Wildman–Crippen MR) is 124 cm³/mol. The Hall–Kier alpha value is -2.88. The van der Waals surface area contributed by atoms with Crippen LogP contribution in [0, 0.1) is 6.92 Å². The van der Waals surface area contributed by atoms with Crippen molar-refractivity contribution in [2.75, 3.05) is 5.32 Å². The number of carbonyl (C=O) groups is 1. The summed E-state index contributed by atoms with van der Waals surface area (Å²) in [4.78, 5) is 13.1. The molecule has 3 rings (SSSR count). The number of rotatable bonds is 4. The van der Waals surface area contributed by atoms with Crippen molar-refractivity contribution < 1.29 is 4.79 Å². The highest BCUT2D eigenvalue weighted by Gasteiger charge is 2.23. The zero-order chi connectivity index (χ0) is 22.1. The van der Waals surface area contributed by atoms with Gasteiger partial charge in [0.1, 0.15) is 5.69 Å². The van der Waals surface area contributed by atoms with Crippen molar-refractivity contribution in [2.24, 2.45) is 0 Å². The summed E-state index contributed by atoms with van der Waals surface area (Å²) in [5.41, 5.74) is 5.76. The van der Waals surface area contributed by atoms with Crippen molar-refractivity contribution in [3.63, 3.8) is 0 Å². The number of aromatic nitrogens is 2. The second kappa shape index (κ2) is 8.10. The minimum absolute atomic E-state index is 0.0799. The largest absolute Gasteiger partial charge is 0.321 e. The van der Waals surface area contributed by atoms with Crippen molar-refractivity contribution >= 4 is 11.6 Å². The Morgan fingerprint density at radius 2 is 1.60 bits per heavy atom. The summed E-state index contributed by atoms with van der Waals surface area (Å²) in [7, 11) is 0. The van der Waals surface area contributed by atoms with E-state index in [4.69, 9.17) is 5.10 Å². The maximum atomic E-state index is 13.1. The van der Waals surface area contributed by atoms with Crippen LogP contribution in [0.3, 0.4) is 0 Å². The Kier molecular flexibility index (Phi) is 5.89. The molecule has 4 nitrogen and oxygen atoms in total. The number of nitrogens with one attached hydrogen (secondary N) is 1. The third-order valence-electron chi connectivity index (χ3n) is 5.20. The Labute approximate surface area is 180 Å². The topological polar surface area (TPSA) is 46.9 Å². The molecule has 0 atom stereocenters. The maximum absolute atomic E-state index is 13.1. The van der Waals surface area contributed by atoms with Crippen LogP contribution in [0.2, 0.25) is 0 Å². The highest BCUT2D eigenvalue weighted by molar-refractivity contribution is 6.03. The van der Waals surface area contributed by atoms with Crippen molar-refractivity contribution in [3.05, 3.63) is 82.7 Å². The van der Waals surface area contributed by atoms with Gasteiger partial charge in [-0.1, -0.05) is 83.5 Å². The quantitative estimate of drug-likeness (QED) is 0.573. The molecule has 0 radical (unpaired) electrons. The van der Waals surface area contributed by atoms with Crippen molar-refractivity contribution in [1.82, 2.24) is 9.78 Å². The Morgan fingerprint density at radius 3 is 2.17 bits per heavy atom. The van der Waals surface area contributed by atoms with Crippen LogP contribution in [-0.2, 0) is 17.4 Å². The minimum atomic E-state index is -0.144. The van der Waals surface area contributed by atoms with Crippen LogP contribution < -0.4 is 5.32 Å². The Bertz CT molecular complexity index is 1030. The van der Waals surface area contributed by atoms with E-state index in [-0.39, 0.29) is 16.7 Å². The second-order valence-corrected chi connectivity index (χ2v) is 10.1. The third kappa shape index (κ3) is 5.18. The van der Waals surface area contributed by atoms with E-state index in [0.29, 0.717) is 12.2 Å². The van der Waals surface area contributed by atoms with Gasteiger partial charge in [-0.25, -0.2) is 0 Å². The molecule has 0 saturated heterocycles. The molecular formula is C26H33N3O. The van der Waals surface area contributed by atoms with E-state index in [1.807, 2.05) is 28.9 Å². The summed E-state index contributed by atoms with van der Waals surface area (Å²) in [5.74, 6) is -0.144. The number of hydrogen-bond acceptors (Lipinski definition) is 2. The SMILES string of the molecule is Cc1cccc(Cn2nc(C(C)(C)C)cc2C(=O)Nc2ccc(C(C)(C)C)cc2)c1. The summed E-state index contributed by atoms with van der Waals surface area (Å²) in [6.45, 7) is 15.5. The van der Waals surface area contributed by atoms with E-state index in [2.05, 4.69) is 84.1 Å². The van der Waals surface area contributed by atoms with E-state index in [0.717, 1.165) is 16.9 Å². The molecule has 0 saturated carbocycles. The standard InChI is InChI=1S/C26H33N3O/c1-18-9-8-10-19(15-18)17-29-22(16-23(28-29)26(5,6)7)24(30)27-21-13-11-20(12-14-21)25(2,3)4/h8-16H,17H2,1-7H3,(H,27,30). The van der Waals surface area contributed by atoms with E-state index < -0.39 is 0 Å². The average molecular weight is 404 g/mol. The maximum Gasteiger partial charge on any atom is 0.273 e. The number of aryl methyl sites for hydroxylation is 1. The van der Waals surface area contributed by atoms with Gasteiger partial charge in [-0.3, -0.25) is 9.48 Å². The fraction of sp³-hybridized carbons (Fsp3) is 0.385. The Balaban J connectivity index is 1.89. The summed E-state index contributed by atoms with van der Waals surface area (Å²) in [6, 6.07) is 18.3. The number of carbonyl (C=O) groups excluding carboxylic acids is 1. The third-order valence-corrected chi connectivity index (χ3v) is 5.20. The first kappa shape index (κ1) is 21.8. The van der Waals surface area contributed by atoms with Crippen molar-refractivity contribution in [3.8, 4) is 0 Å². The molecule has 1 aromatic heterocycles. The van der Waals surface area contributed by atoms with Gasteiger partial charge in [0, 0.05) is 11.1 Å². The molecule has 0 aliphatic heterocycles. The molecule has 0 aliphatic carbocycles. The molecule has 0 spiro atoms. The van der Waals surface area contributed by atoms with E-state index in [1.54, 1.807) is 0 Å². The van der Waals surface area contributed by atoms with Gasteiger partial charge in [-0.05, 0) is 41.7 Å². The normalized spacial score (nSPS) is 12.1. The smallest absolute Gasteiger partial charge is 0.273 e. The first-order chi connectivity index (χ1) is 13.9. The summed E-state index contributed by atoms with van der Waals surface area (Å²) in [6.07, 6.45) is 0. The number of nitrogens with zero attached hydrogens (tertiary/aromatic N) is 2. The molecule has 30 heavy (non-hydrogen) atoms. The lowest BCUT2D eigenvalue weighted by atomic mass is 9.87. The van der Waals surface area contributed by atoms with Crippen LogP contribution in [-0.4, -0.2) is 15.7 Å². The molecule has 0 aliphatic rings. The highest BCUT2D eigenvalue weighted by atomic mass is 16.2. The lowest BCUT2D eigenvalue weighted by Crippen LogP contribution is -2.18. The van der Waals surface area contributed by atoms with Crippen LogP contribution in [0.25, 0.3) is 0 Å². The van der Waals surface area contributed by atoms with Gasteiger partial charge in [0.05, 0.1) is 12.2 Å². The predicted octanol–water partition coefficient (Wildman–Crippen LogP) is 6.09. The first-order valence-corrected chi connectivity index (χ1v) is 10.5. The average Bonchev–Trinajstić information content (AvgIpc) is 3.06. The zero-order valence-corrected chi connectivity index (χ0v) is 19.2. The zero-order valence-electron chi connectivity index (χ0n) is 19.2. The highest BCUT2D eigenvalue weighted by Crippen LogP contribution is 2.25. The van der Waals surface area contributed by atoms with Crippen LogP contribution >= 0.6 is 0 Å². The molecule has 158 valence electrons. The fourth-order valence-corrected chi connectivity index (χ4v) is 3.32. The molecule has 1 amide bonds. The lowest BCUT2D eigenvalue weighted by Gasteiger charge is -2.19. The van der Waals surface area contributed by atoms with Gasteiger partial charge in [0.2, 0.25) is 0 Å². The van der Waals surface area contributed by atoms with Gasteiger partial charge in [0.25, 0.3) is 5.91 Å². The fourth-order valence-electron chi connectivity index (χ4n) is 3.32.